The first kappa shape index (κ1) is 11.7. The van der Waals surface area contributed by atoms with Crippen LogP contribution in [0, 0.1) is 6.92 Å². The summed E-state index contributed by atoms with van der Waals surface area (Å²) in [4.78, 5) is 0. The Balaban J connectivity index is 1.79. The Morgan fingerprint density at radius 2 is 2.12 bits per heavy atom. The fourth-order valence-corrected chi connectivity index (χ4v) is 1.60. The van der Waals surface area contributed by atoms with E-state index in [1.165, 1.54) is 5.56 Å². The lowest BCUT2D eigenvalue weighted by atomic mass is 10.2. The zero-order valence-electron chi connectivity index (χ0n) is 9.87. The van der Waals surface area contributed by atoms with E-state index < -0.39 is 6.10 Å². The van der Waals surface area contributed by atoms with Gasteiger partial charge in [0.15, 0.2) is 0 Å². The minimum atomic E-state index is -0.448. The number of benzene rings is 1. The van der Waals surface area contributed by atoms with Gasteiger partial charge < -0.3 is 10.4 Å². The second-order valence-electron chi connectivity index (χ2n) is 4.13. The van der Waals surface area contributed by atoms with Gasteiger partial charge in [0.25, 0.3) is 0 Å². The summed E-state index contributed by atoms with van der Waals surface area (Å²) in [7, 11) is 0. The van der Waals surface area contributed by atoms with Crippen LogP contribution in [0.2, 0.25) is 0 Å². The molecule has 0 spiro atoms. The zero-order valence-corrected chi connectivity index (χ0v) is 9.87. The molecule has 90 valence electrons. The average Bonchev–Trinajstić information content (AvgIpc) is 2.81. The molecule has 1 heterocycles. The van der Waals surface area contributed by atoms with Crippen molar-refractivity contribution < 1.29 is 5.11 Å². The number of rotatable bonds is 5. The van der Waals surface area contributed by atoms with Gasteiger partial charge in [-0.3, -0.25) is 4.68 Å². The van der Waals surface area contributed by atoms with Crippen molar-refractivity contribution in [1.82, 2.24) is 9.78 Å². The average molecular weight is 231 g/mol. The van der Waals surface area contributed by atoms with E-state index in [0.29, 0.717) is 13.1 Å². The van der Waals surface area contributed by atoms with E-state index in [-0.39, 0.29) is 0 Å². The van der Waals surface area contributed by atoms with Gasteiger partial charge in [-0.1, -0.05) is 17.7 Å². The van der Waals surface area contributed by atoms with Gasteiger partial charge in [0.05, 0.1) is 12.6 Å². The molecule has 1 aromatic heterocycles. The number of hydrogen-bond acceptors (Lipinski definition) is 3. The first-order chi connectivity index (χ1) is 8.24. The Hall–Kier alpha value is -1.81. The number of aromatic nitrogens is 2. The molecule has 0 saturated carbocycles. The number of nitrogens with one attached hydrogen (secondary N) is 1. The van der Waals surface area contributed by atoms with Crippen LogP contribution in [0.1, 0.15) is 5.56 Å². The van der Waals surface area contributed by atoms with Crippen LogP contribution in [0.3, 0.4) is 0 Å². The van der Waals surface area contributed by atoms with Crippen LogP contribution >= 0.6 is 0 Å². The lowest BCUT2D eigenvalue weighted by molar-refractivity contribution is 0.161. The van der Waals surface area contributed by atoms with Gasteiger partial charge >= 0.3 is 0 Å². The third-order valence-electron chi connectivity index (χ3n) is 2.55. The predicted molar refractivity (Wildman–Crippen MR) is 67.9 cm³/mol. The van der Waals surface area contributed by atoms with Gasteiger partial charge in [0.2, 0.25) is 0 Å². The standard InChI is InChI=1S/C13H17N3O/c1-11-3-5-12(6-4-11)14-9-13(17)10-16-8-2-7-15-16/h2-8,13-14,17H,9-10H2,1H3. The molecule has 1 aromatic carbocycles. The van der Waals surface area contributed by atoms with Crippen LogP contribution in [-0.4, -0.2) is 27.5 Å². The highest BCUT2D eigenvalue weighted by Crippen LogP contribution is 2.08. The molecule has 0 aliphatic heterocycles. The molecule has 4 heteroatoms. The van der Waals surface area contributed by atoms with E-state index in [2.05, 4.69) is 17.3 Å². The van der Waals surface area contributed by atoms with Crippen LogP contribution < -0.4 is 5.32 Å². The first-order valence-electron chi connectivity index (χ1n) is 5.70. The van der Waals surface area contributed by atoms with Crippen molar-refractivity contribution in [2.45, 2.75) is 19.6 Å². The first-order valence-corrected chi connectivity index (χ1v) is 5.70. The maximum Gasteiger partial charge on any atom is 0.0907 e. The SMILES string of the molecule is Cc1ccc(NCC(O)Cn2cccn2)cc1. The Labute approximate surface area is 101 Å². The summed E-state index contributed by atoms with van der Waals surface area (Å²) in [5.74, 6) is 0. The molecule has 2 rings (SSSR count). The molecule has 1 unspecified atom stereocenters. The number of nitrogens with zero attached hydrogens (tertiary/aromatic N) is 2. The molecule has 0 aliphatic rings. The summed E-state index contributed by atoms with van der Waals surface area (Å²) in [5.41, 5.74) is 2.25. The summed E-state index contributed by atoms with van der Waals surface area (Å²) in [6.07, 6.45) is 3.10. The van der Waals surface area contributed by atoms with Crippen molar-refractivity contribution in [3.8, 4) is 0 Å². The van der Waals surface area contributed by atoms with Crippen molar-refractivity contribution in [3.63, 3.8) is 0 Å². The van der Waals surface area contributed by atoms with E-state index in [0.717, 1.165) is 5.69 Å². The van der Waals surface area contributed by atoms with Crippen molar-refractivity contribution in [2.24, 2.45) is 0 Å². The summed E-state index contributed by atoms with van der Waals surface area (Å²) >= 11 is 0. The molecule has 2 aromatic rings. The molecule has 1 atom stereocenters. The Bertz CT molecular complexity index is 436. The predicted octanol–water partition coefficient (Wildman–Crippen LogP) is 1.66. The van der Waals surface area contributed by atoms with Gasteiger partial charge in [-0.05, 0) is 25.1 Å². The molecule has 4 nitrogen and oxygen atoms in total. The molecule has 17 heavy (non-hydrogen) atoms. The number of anilines is 1. The smallest absolute Gasteiger partial charge is 0.0907 e. The molecule has 0 bridgehead atoms. The zero-order chi connectivity index (χ0) is 12.1. The number of aliphatic hydroxyl groups is 1. The van der Waals surface area contributed by atoms with Crippen molar-refractivity contribution in [3.05, 3.63) is 48.3 Å². The van der Waals surface area contributed by atoms with Crippen LogP contribution in [0.15, 0.2) is 42.7 Å². The maximum absolute atomic E-state index is 9.81. The molecule has 0 amide bonds. The summed E-state index contributed by atoms with van der Waals surface area (Å²) in [6, 6.07) is 9.95. The Morgan fingerprint density at radius 3 is 2.76 bits per heavy atom. The topological polar surface area (TPSA) is 50.1 Å². The van der Waals surface area contributed by atoms with Crippen LogP contribution in [-0.2, 0) is 6.54 Å². The van der Waals surface area contributed by atoms with E-state index in [1.54, 1.807) is 10.9 Å². The van der Waals surface area contributed by atoms with Gasteiger partial charge in [-0.15, -0.1) is 0 Å². The molecule has 0 aliphatic carbocycles. The second-order valence-corrected chi connectivity index (χ2v) is 4.13. The molecule has 2 N–H and O–H groups in total. The van der Waals surface area contributed by atoms with Crippen molar-refractivity contribution in [1.29, 1.82) is 0 Å². The molecular formula is C13H17N3O. The number of hydrogen-bond donors (Lipinski definition) is 2. The highest BCUT2D eigenvalue weighted by Gasteiger charge is 2.04. The fourth-order valence-electron chi connectivity index (χ4n) is 1.60. The van der Waals surface area contributed by atoms with E-state index >= 15 is 0 Å². The molecule has 0 fully saturated rings. The summed E-state index contributed by atoms with van der Waals surface area (Å²) < 4.78 is 1.72. The van der Waals surface area contributed by atoms with E-state index in [9.17, 15) is 5.11 Å². The van der Waals surface area contributed by atoms with E-state index in [1.807, 2.05) is 36.5 Å². The summed E-state index contributed by atoms with van der Waals surface area (Å²) in [6.45, 7) is 3.07. The van der Waals surface area contributed by atoms with Crippen molar-refractivity contribution in [2.75, 3.05) is 11.9 Å². The Morgan fingerprint density at radius 1 is 1.35 bits per heavy atom. The molecule has 0 radical (unpaired) electrons. The second kappa shape index (κ2) is 5.50. The van der Waals surface area contributed by atoms with Gasteiger partial charge in [0, 0.05) is 24.6 Å². The highest BCUT2D eigenvalue weighted by molar-refractivity contribution is 5.44. The van der Waals surface area contributed by atoms with Crippen LogP contribution in [0.25, 0.3) is 0 Å². The number of aliphatic hydroxyl groups excluding tert-OH is 1. The fraction of sp³-hybridized carbons (Fsp3) is 0.308. The maximum atomic E-state index is 9.81. The Kier molecular flexibility index (Phi) is 3.77. The molecular weight excluding hydrogens is 214 g/mol. The van der Waals surface area contributed by atoms with Gasteiger partial charge in [-0.25, -0.2) is 0 Å². The lowest BCUT2D eigenvalue weighted by Crippen LogP contribution is -2.25. The normalized spacial score (nSPS) is 12.4. The minimum absolute atomic E-state index is 0.448. The highest BCUT2D eigenvalue weighted by atomic mass is 16.3. The quantitative estimate of drug-likeness (QED) is 0.823. The third-order valence-corrected chi connectivity index (χ3v) is 2.55. The lowest BCUT2D eigenvalue weighted by Gasteiger charge is -2.13. The molecule has 0 saturated heterocycles. The van der Waals surface area contributed by atoms with Crippen LogP contribution in [0.5, 0.6) is 0 Å². The third kappa shape index (κ3) is 3.60. The summed E-state index contributed by atoms with van der Waals surface area (Å²) in [5, 5.41) is 17.1. The number of aryl methyl sites for hydroxylation is 1. The van der Waals surface area contributed by atoms with Gasteiger partial charge in [-0.2, -0.15) is 5.10 Å². The van der Waals surface area contributed by atoms with Gasteiger partial charge in [0.1, 0.15) is 0 Å². The monoisotopic (exact) mass is 231 g/mol. The largest absolute Gasteiger partial charge is 0.389 e. The van der Waals surface area contributed by atoms with E-state index in [4.69, 9.17) is 0 Å². The minimum Gasteiger partial charge on any atom is -0.389 e. The van der Waals surface area contributed by atoms with Crippen LogP contribution in [0.4, 0.5) is 5.69 Å². The van der Waals surface area contributed by atoms with Crippen molar-refractivity contribution >= 4 is 5.69 Å².